The Balaban J connectivity index is 2.17. The molecule has 108 valence electrons. The first-order chi connectivity index (χ1) is 10.1. The van der Waals surface area contributed by atoms with Crippen molar-refractivity contribution >= 4 is 11.6 Å². The van der Waals surface area contributed by atoms with Crippen LogP contribution in [0.2, 0.25) is 0 Å². The van der Waals surface area contributed by atoms with Crippen LogP contribution in [0.4, 0.5) is 0 Å². The van der Waals surface area contributed by atoms with Gasteiger partial charge in [0, 0.05) is 12.7 Å². The third-order valence-corrected chi connectivity index (χ3v) is 3.03. The van der Waals surface area contributed by atoms with Gasteiger partial charge in [0.2, 0.25) is 0 Å². The first kappa shape index (κ1) is 13.2. The Labute approximate surface area is 120 Å². The number of carbonyl (C=O) groups is 1. The van der Waals surface area contributed by atoms with Crippen molar-refractivity contribution in [1.82, 2.24) is 29.4 Å². The van der Waals surface area contributed by atoms with Gasteiger partial charge in [0.15, 0.2) is 11.3 Å². The molecule has 0 N–H and O–H groups in total. The van der Waals surface area contributed by atoms with Crippen molar-refractivity contribution < 1.29 is 9.53 Å². The number of carbonyl (C=O) groups excluding carboxylic acids is 1. The van der Waals surface area contributed by atoms with Crippen LogP contribution in [0.5, 0.6) is 0 Å². The zero-order valence-corrected chi connectivity index (χ0v) is 11.9. The Morgan fingerprint density at radius 2 is 2.19 bits per heavy atom. The van der Waals surface area contributed by atoms with Crippen LogP contribution in [-0.2, 0) is 11.8 Å². The summed E-state index contributed by atoms with van der Waals surface area (Å²) < 4.78 is 8.34. The van der Waals surface area contributed by atoms with Gasteiger partial charge in [-0.15, -0.1) is 5.10 Å². The molecule has 0 saturated heterocycles. The molecule has 0 aliphatic carbocycles. The molecule has 21 heavy (non-hydrogen) atoms. The second kappa shape index (κ2) is 4.97. The molecule has 8 heteroatoms. The Bertz CT molecular complexity index is 819. The summed E-state index contributed by atoms with van der Waals surface area (Å²) in [5.41, 5.74) is 2.82. The van der Waals surface area contributed by atoms with Crippen LogP contribution in [0.15, 0.2) is 18.6 Å². The van der Waals surface area contributed by atoms with Crippen molar-refractivity contribution in [3.63, 3.8) is 0 Å². The second-order valence-electron chi connectivity index (χ2n) is 4.57. The molecule has 0 atom stereocenters. The van der Waals surface area contributed by atoms with Crippen LogP contribution < -0.4 is 0 Å². The van der Waals surface area contributed by atoms with Gasteiger partial charge in [-0.25, -0.2) is 14.8 Å². The normalized spacial score (nSPS) is 11.0. The number of fused-ring (bicyclic) bond motifs is 1. The number of ether oxygens (including phenoxy) is 1. The smallest absolute Gasteiger partial charge is 0.360 e. The van der Waals surface area contributed by atoms with Crippen molar-refractivity contribution in [1.29, 1.82) is 0 Å². The zero-order chi connectivity index (χ0) is 15.0. The van der Waals surface area contributed by atoms with E-state index in [0.717, 1.165) is 5.69 Å². The Kier molecular flexibility index (Phi) is 3.13. The molecule has 8 nitrogen and oxygen atoms in total. The minimum Gasteiger partial charge on any atom is -0.461 e. The SMILES string of the molecule is CCOC(=O)c1ncn2c(C)cc(-c3cn(C)nn3)nc12. The molecule has 0 aliphatic heterocycles. The van der Waals surface area contributed by atoms with E-state index < -0.39 is 5.97 Å². The molecule has 0 unspecified atom stereocenters. The minimum absolute atomic E-state index is 0.200. The number of hydrogen-bond donors (Lipinski definition) is 0. The second-order valence-corrected chi connectivity index (χ2v) is 4.57. The molecule has 3 aromatic heterocycles. The van der Waals surface area contributed by atoms with Crippen molar-refractivity contribution in [2.45, 2.75) is 13.8 Å². The Morgan fingerprint density at radius 1 is 1.38 bits per heavy atom. The maximum absolute atomic E-state index is 11.9. The van der Waals surface area contributed by atoms with Gasteiger partial charge in [-0.2, -0.15) is 0 Å². The molecule has 0 spiro atoms. The summed E-state index contributed by atoms with van der Waals surface area (Å²) in [7, 11) is 1.78. The van der Waals surface area contributed by atoms with Crippen LogP contribution in [0.1, 0.15) is 23.1 Å². The maximum Gasteiger partial charge on any atom is 0.360 e. The monoisotopic (exact) mass is 286 g/mol. The average molecular weight is 286 g/mol. The fourth-order valence-corrected chi connectivity index (χ4v) is 2.06. The van der Waals surface area contributed by atoms with E-state index in [0.29, 0.717) is 23.6 Å². The molecular formula is C13H14N6O2. The van der Waals surface area contributed by atoms with Crippen LogP contribution in [0.3, 0.4) is 0 Å². The van der Waals surface area contributed by atoms with Crippen LogP contribution in [0, 0.1) is 6.92 Å². The molecule has 0 fully saturated rings. The van der Waals surface area contributed by atoms with Crippen molar-refractivity contribution in [2.75, 3.05) is 6.61 Å². The van der Waals surface area contributed by atoms with Crippen molar-refractivity contribution in [2.24, 2.45) is 7.05 Å². The number of rotatable bonds is 3. The molecule has 3 heterocycles. The number of esters is 1. The Morgan fingerprint density at radius 3 is 2.86 bits per heavy atom. The molecule has 0 amide bonds. The highest BCUT2D eigenvalue weighted by Gasteiger charge is 2.18. The van der Waals surface area contributed by atoms with E-state index in [9.17, 15) is 4.79 Å². The third-order valence-electron chi connectivity index (χ3n) is 3.03. The zero-order valence-electron chi connectivity index (χ0n) is 11.9. The topological polar surface area (TPSA) is 87.2 Å². The highest BCUT2D eigenvalue weighted by molar-refractivity contribution is 5.94. The summed E-state index contributed by atoms with van der Waals surface area (Å²) >= 11 is 0. The molecule has 0 saturated carbocycles. The van der Waals surface area contributed by atoms with E-state index in [4.69, 9.17) is 4.74 Å². The van der Waals surface area contributed by atoms with Gasteiger partial charge in [-0.3, -0.25) is 9.08 Å². The van der Waals surface area contributed by atoms with E-state index >= 15 is 0 Å². The summed E-state index contributed by atoms with van der Waals surface area (Å²) in [5, 5.41) is 7.92. The van der Waals surface area contributed by atoms with Gasteiger partial charge in [-0.1, -0.05) is 5.21 Å². The summed E-state index contributed by atoms with van der Waals surface area (Å²) in [5.74, 6) is -0.483. The van der Waals surface area contributed by atoms with E-state index in [1.165, 1.54) is 0 Å². The van der Waals surface area contributed by atoms with E-state index in [-0.39, 0.29) is 5.69 Å². The van der Waals surface area contributed by atoms with Gasteiger partial charge >= 0.3 is 5.97 Å². The summed E-state index contributed by atoms with van der Waals surface area (Å²) in [6.45, 7) is 3.95. The predicted molar refractivity (Wildman–Crippen MR) is 73.7 cm³/mol. The lowest BCUT2D eigenvalue weighted by molar-refractivity contribution is 0.0522. The lowest BCUT2D eigenvalue weighted by Gasteiger charge is -2.04. The molecule has 0 radical (unpaired) electrons. The highest BCUT2D eigenvalue weighted by Crippen LogP contribution is 2.19. The summed E-state index contributed by atoms with van der Waals surface area (Å²) in [6, 6.07) is 1.87. The lowest BCUT2D eigenvalue weighted by Crippen LogP contribution is -2.07. The third kappa shape index (κ3) is 2.24. The highest BCUT2D eigenvalue weighted by atomic mass is 16.5. The molecular weight excluding hydrogens is 272 g/mol. The van der Waals surface area contributed by atoms with E-state index in [1.807, 2.05) is 13.0 Å². The Hall–Kier alpha value is -2.77. The van der Waals surface area contributed by atoms with Gasteiger partial charge in [0.25, 0.3) is 0 Å². The van der Waals surface area contributed by atoms with E-state index in [1.54, 1.807) is 35.6 Å². The van der Waals surface area contributed by atoms with Gasteiger partial charge < -0.3 is 4.74 Å². The molecule has 0 bridgehead atoms. The predicted octanol–water partition coefficient (Wildman–Crippen LogP) is 1.01. The quantitative estimate of drug-likeness (QED) is 0.668. The van der Waals surface area contributed by atoms with Crippen molar-refractivity contribution in [3.8, 4) is 11.4 Å². The fourth-order valence-electron chi connectivity index (χ4n) is 2.06. The minimum atomic E-state index is -0.483. The first-order valence-corrected chi connectivity index (χ1v) is 6.48. The molecule has 3 rings (SSSR count). The van der Waals surface area contributed by atoms with Crippen molar-refractivity contribution in [3.05, 3.63) is 30.0 Å². The van der Waals surface area contributed by atoms with Crippen LogP contribution in [0.25, 0.3) is 17.0 Å². The standard InChI is InChI=1S/C13H14N6O2/c1-4-21-13(20)11-12-15-9(10-6-18(3)17-16-10)5-8(2)19(12)7-14-11/h5-7H,4H2,1-3H3. The number of hydrogen-bond acceptors (Lipinski definition) is 6. The number of nitrogens with zero attached hydrogens (tertiary/aromatic N) is 6. The fraction of sp³-hybridized carbons (Fsp3) is 0.308. The largest absolute Gasteiger partial charge is 0.461 e. The number of aromatic nitrogens is 6. The first-order valence-electron chi connectivity index (χ1n) is 6.48. The lowest BCUT2D eigenvalue weighted by atomic mass is 10.2. The van der Waals surface area contributed by atoms with Gasteiger partial charge in [0.05, 0.1) is 18.5 Å². The number of aryl methyl sites for hydroxylation is 2. The molecule has 0 aliphatic rings. The average Bonchev–Trinajstić information content (AvgIpc) is 3.05. The number of imidazole rings is 1. The maximum atomic E-state index is 11.9. The molecule has 0 aromatic carbocycles. The van der Waals surface area contributed by atoms with Gasteiger partial charge in [-0.05, 0) is 19.9 Å². The summed E-state index contributed by atoms with van der Waals surface area (Å²) in [6.07, 6.45) is 3.32. The summed E-state index contributed by atoms with van der Waals surface area (Å²) in [4.78, 5) is 20.5. The van der Waals surface area contributed by atoms with E-state index in [2.05, 4.69) is 20.3 Å². The molecule has 3 aromatic rings. The van der Waals surface area contributed by atoms with Crippen LogP contribution in [-0.4, -0.2) is 41.9 Å². The van der Waals surface area contributed by atoms with Crippen LogP contribution >= 0.6 is 0 Å². The van der Waals surface area contributed by atoms with Gasteiger partial charge in [0.1, 0.15) is 12.0 Å².